The summed E-state index contributed by atoms with van der Waals surface area (Å²) in [7, 11) is 1.37. The molecule has 0 saturated heterocycles. The van der Waals surface area contributed by atoms with Crippen LogP contribution in [0.5, 0.6) is 5.75 Å². The predicted molar refractivity (Wildman–Crippen MR) is 67.9 cm³/mol. The van der Waals surface area contributed by atoms with E-state index in [2.05, 4.69) is 4.74 Å². The Balaban J connectivity index is 2.80. The molecule has 0 amide bonds. The fourth-order valence-electron chi connectivity index (χ4n) is 1.39. The lowest BCUT2D eigenvalue weighted by atomic mass is 10.1. The molecule has 0 aromatic heterocycles. The standard InChI is InChI=1S/C14H18O3/c1-10(2)17-13-7-5-12(6-8-13)11(3)9-14(15)16-4/h5-10H,1-4H3/b11-9+. The van der Waals surface area contributed by atoms with Crippen LogP contribution in [-0.2, 0) is 9.53 Å². The van der Waals surface area contributed by atoms with Crippen molar-refractivity contribution in [3.8, 4) is 5.75 Å². The molecule has 0 N–H and O–H groups in total. The van der Waals surface area contributed by atoms with Gasteiger partial charge in [-0.25, -0.2) is 4.79 Å². The van der Waals surface area contributed by atoms with Gasteiger partial charge in [-0.2, -0.15) is 0 Å². The van der Waals surface area contributed by atoms with Crippen LogP contribution < -0.4 is 4.74 Å². The minimum atomic E-state index is -0.343. The number of carbonyl (C=O) groups excluding carboxylic acids is 1. The summed E-state index contributed by atoms with van der Waals surface area (Å²) in [6.45, 7) is 5.84. The van der Waals surface area contributed by atoms with Gasteiger partial charge in [-0.05, 0) is 44.0 Å². The number of benzene rings is 1. The zero-order chi connectivity index (χ0) is 12.8. The van der Waals surface area contributed by atoms with Crippen molar-refractivity contribution >= 4 is 11.5 Å². The van der Waals surface area contributed by atoms with Gasteiger partial charge >= 0.3 is 5.97 Å². The largest absolute Gasteiger partial charge is 0.491 e. The third kappa shape index (κ3) is 4.31. The van der Waals surface area contributed by atoms with Crippen LogP contribution in [0.25, 0.3) is 5.57 Å². The van der Waals surface area contributed by atoms with E-state index in [-0.39, 0.29) is 12.1 Å². The van der Waals surface area contributed by atoms with E-state index in [9.17, 15) is 4.79 Å². The first kappa shape index (κ1) is 13.3. The summed E-state index contributed by atoms with van der Waals surface area (Å²) in [6, 6.07) is 7.63. The van der Waals surface area contributed by atoms with Gasteiger partial charge in [0.2, 0.25) is 0 Å². The van der Waals surface area contributed by atoms with Crippen LogP contribution in [-0.4, -0.2) is 19.2 Å². The maximum absolute atomic E-state index is 11.1. The van der Waals surface area contributed by atoms with Gasteiger partial charge in [0.1, 0.15) is 5.75 Å². The summed E-state index contributed by atoms with van der Waals surface area (Å²) in [4.78, 5) is 11.1. The molecular formula is C14H18O3. The quantitative estimate of drug-likeness (QED) is 0.593. The van der Waals surface area contributed by atoms with Gasteiger partial charge in [-0.15, -0.1) is 0 Å². The van der Waals surface area contributed by atoms with Crippen LogP contribution in [0.15, 0.2) is 30.3 Å². The van der Waals surface area contributed by atoms with Crippen molar-refractivity contribution < 1.29 is 14.3 Å². The number of methoxy groups -OCH3 is 1. The lowest BCUT2D eigenvalue weighted by molar-refractivity contribution is -0.134. The predicted octanol–water partition coefficient (Wildman–Crippen LogP) is 3.05. The average molecular weight is 234 g/mol. The summed E-state index contributed by atoms with van der Waals surface area (Å²) >= 11 is 0. The first-order valence-corrected chi connectivity index (χ1v) is 5.56. The fourth-order valence-corrected chi connectivity index (χ4v) is 1.39. The van der Waals surface area contributed by atoms with E-state index < -0.39 is 0 Å². The molecular weight excluding hydrogens is 216 g/mol. The number of allylic oxidation sites excluding steroid dienone is 1. The van der Waals surface area contributed by atoms with Gasteiger partial charge in [-0.3, -0.25) is 0 Å². The van der Waals surface area contributed by atoms with Gasteiger partial charge in [0.15, 0.2) is 0 Å². The van der Waals surface area contributed by atoms with Crippen LogP contribution in [0.1, 0.15) is 26.3 Å². The first-order chi connectivity index (χ1) is 8.02. The van der Waals surface area contributed by atoms with E-state index in [1.807, 2.05) is 45.0 Å². The Morgan fingerprint density at radius 1 is 1.24 bits per heavy atom. The lowest BCUT2D eigenvalue weighted by Gasteiger charge is -2.10. The zero-order valence-corrected chi connectivity index (χ0v) is 10.7. The maximum atomic E-state index is 11.1. The van der Waals surface area contributed by atoms with Crippen molar-refractivity contribution in [1.82, 2.24) is 0 Å². The molecule has 0 spiro atoms. The average Bonchev–Trinajstić information content (AvgIpc) is 2.28. The van der Waals surface area contributed by atoms with Gasteiger partial charge in [0.25, 0.3) is 0 Å². The molecule has 0 fully saturated rings. The number of carbonyl (C=O) groups is 1. The SMILES string of the molecule is COC(=O)/C=C(\C)c1ccc(OC(C)C)cc1. The molecule has 0 aliphatic heterocycles. The third-order valence-corrected chi connectivity index (χ3v) is 2.22. The molecule has 3 nitrogen and oxygen atoms in total. The van der Waals surface area contributed by atoms with Gasteiger partial charge in [0, 0.05) is 6.08 Å². The van der Waals surface area contributed by atoms with Crippen molar-refractivity contribution in [3.05, 3.63) is 35.9 Å². The second-order valence-electron chi connectivity index (χ2n) is 4.04. The molecule has 0 saturated carbocycles. The number of rotatable bonds is 4. The monoisotopic (exact) mass is 234 g/mol. The van der Waals surface area contributed by atoms with E-state index in [1.165, 1.54) is 13.2 Å². The second kappa shape index (κ2) is 6.09. The highest BCUT2D eigenvalue weighted by molar-refractivity contribution is 5.90. The Bertz CT molecular complexity index is 402. The highest BCUT2D eigenvalue weighted by Gasteiger charge is 2.01. The van der Waals surface area contributed by atoms with Gasteiger partial charge in [-0.1, -0.05) is 12.1 Å². The smallest absolute Gasteiger partial charge is 0.330 e. The van der Waals surface area contributed by atoms with Crippen LogP contribution in [0.2, 0.25) is 0 Å². The van der Waals surface area contributed by atoms with Crippen molar-refractivity contribution in [1.29, 1.82) is 0 Å². The Morgan fingerprint density at radius 2 is 1.82 bits per heavy atom. The number of esters is 1. The minimum Gasteiger partial charge on any atom is -0.491 e. The molecule has 0 aliphatic carbocycles. The number of hydrogen-bond acceptors (Lipinski definition) is 3. The van der Waals surface area contributed by atoms with E-state index >= 15 is 0 Å². The molecule has 17 heavy (non-hydrogen) atoms. The topological polar surface area (TPSA) is 35.5 Å². The first-order valence-electron chi connectivity index (χ1n) is 5.56. The third-order valence-electron chi connectivity index (χ3n) is 2.22. The highest BCUT2D eigenvalue weighted by atomic mass is 16.5. The Kier molecular flexibility index (Phi) is 4.76. The molecule has 1 aromatic carbocycles. The molecule has 1 rings (SSSR count). The van der Waals surface area contributed by atoms with E-state index in [1.54, 1.807) is 0 Å². The molecule has 0 atom stereocenters. The van der Waals surface area contributed by atoms with Crippen molar-refractivity contribution in [2.45, 2.75) is 26.9 Å². The number of hydrogen-bond donors (Lipinski definition) is 0. The molecule has 0 heterocycles. The van der Waals surface area contributed by atoms with Crippen molar-refractivity contribution in [2.75, 3.05) is 7.11 Å². The summed E-state index contributed by atoms with van der Waals surface area (Å²) in [5, 5.41) is 0. The highest BCUT2D eigenvalue weighted by Crippen LogP contribution is 2.19. The Morgan fingerprint density at radius 3 is 2.29 bits per heavy atom. The van der Waals surface area contributed by atoms with E-state index in [0.717, 1.165) is 16.9 Å². The molecule has 1 aromatic rings. The minimum absolute atomic E-state index is 0.160. The molecule has 0 bridgehead atoms. The molecule has 0 unspecified atom stereocenters. The van der Waals surface area contributed by atoms with Crippen LogP contribution >= 0.6 is 0 Å². The fraction of sp³-hybridized carbons (Fsp3) is 0.357. The normalized spacial score (nSPS) is 11.5. The van der Waals surface area contributed by atoms with Gasteiger partial charge in [0.05, 0.1) is 13.2 Å². The molecule has 92 valence electrons. The second-order valence-corrected chi connectivity index (χ2v) is 4.04. The van der Waals surface area contributed by atoms with Gasteiger partial charge < -0.3 is 9.47 Å². The summed E-state index contributed by atoms with van der Waals surface area (Å²) in [5.74, 6) is 0.486. The maximum Gasteiger partial charge on any atom is 0.330 e. The number of ether oxygens (including phenoxy) is 2. The summed E-state index contributed by atoms with van der Waals surface area (Å²) in [6.07, 6.45) is 1.63. The van der Waals surface area contributed by atoms with Crippen LogP contribution in [0.4, 0.5) is 0 Å². The molecule has 0 aliphatic rings. The summed E-state index contributed by atoms with van der Waals surface area (Å²) < 4.78 is 10.1. The lowest BCUT2D eigenvalue weighted by Crippen LogP contribution is -2.05. The Hall–Kier alpha value is -1.77. The summed E-state index contributed by atoms with van der Waals surface area (Å²) in [5.41, 5.74) is 1.85. The van der Waals surface area contributed by atoms with Crippen molar-refractivity contribution in [2.24, 2.45) is 0 Å². The van der Waals surface area contributed by atoms with Crippen molar-refractivity contribution in [3.63, 3.8) is 0 Å². The molecule has 0 radical (unpaired) electrons. The Labute approximate surface area is 102 Å². The molecule has 3 heteroatoms. The van der Waals surface area contributed by atoms with Crippen LogP contribution in [0.3, 0.4) is 0 Å². The zero-order valence-electron chi connectivity index (χ0n) is 10.7. The van der Waals surface area contributed by atoms with Crippen LogP contribution in [0, 0.1) is 0 Å². The van der Waals surface area contributed by atoms with E-state index in [0.29, 0.717) is 0 Å². The van der Waals surface area contributed by atoms with E-state index in [4.69, 9.17) is 4.74 Å².